The number of aliphatic hydroxyl groups is 1. The molecule has 1 N–H and O–H groups in total. The van der Waals surface area contributed by atoms with Crippen LogP contribution in [0.3, 0.4) is 0 Å². The average molecular weight is 648 g/mol. The third-order valence-corrected chi connectivity index (χ3v) is 13.8. The number of carbonyl (C=O) groups excluding carboxylic acids is 2. The van der Waals surface area contributed by atoms with Crippen LogP contribution in [0.4, 0.5) is 0 Å². The Kier molecular flexibility index (Phi) is 11.5. The van der Waals surface area contributed by atoms with E-state index in [-0.39, 0.29) is 23.0 Å². The molecule has 2 atom stereocenters. The van der Waals surface area contributed by atoms with Crippen LogP contribution in [0.15, 0.2) is 78.9 Å². The van der Waals surface area contributed by atoms with Crippen LogP contribution in [-0.4, -0.2) is 49.9 Å². The molecular formula is C37H46ClNO5Si. The van der Waals surface area contributed by atoms with Gasteiger partial charge in [-0.15, -0.1) is 0 Å². The molecule has 0 aromatic heterocycles. The number of hydrogen-bond donors (Lipinski definition) is 1. The predicted molar refractivity (Wildman–Crippen MR) is 184 cm³/mol. The Bertz CT molecular complexity index is 1510. The molecule has 1 amide bonds. The van der Waals surface area contributed by atoms with Crippen molar-refractivity contribution in [2.24, 2.45) is 0 Å². The third-order valence-electron chi connectivity index (χ3n) is 9.13. The Hall–Kier alpha value is -3.23. The van der Waals surface area contributed by atoms with E-state index in [0.717, 1.165) is 47.1 Å². The van der Waals surface area contributed by atoms with Crippen molar-refractivity contribution >= 4 is 31.8 Å². The highest BCUT2D eigenvalue weighted by atomic mass is 35.5. The number of amides is 1. The van der Waals surface area contributed by atoms with Crippen LogP contribution in [0.2, 0.25) is 23.2 Å². The summed E-state index contributed by atoms with van der Waals surface area (Å²) in [6.07, 6.45) is 5.79. The van der Waals surface area contributed by atoms with Gasteiger partial charge in [0.15, 0.2) is 8.32 Å². The maximum Gasteiger partial charge on any atom is 0.337 e. The molecule has 3 aromatic carbocycles. The zero-order valence-electron chi connectivity index (χ0n) is 27.3. The molecular weight excluding hydrogens is 602 g/mol. The van der Waals surface area contributed by atoms with Gasteiger partial charge in [-0.3, -0.25) is 4.79 Å². The Balaban J connectivity index is 1.41. The molecule has 8 heteroatoms. The maximum atomic E-state index is 12.7. The molecule has 1 aliphatic heterocycles. The monoisotopic (exact) mass is 647 g/mol. The van der Waals surface area contributed by atoms with E-state index >= 15 is 0 Å². The van der Waals surface area contributed by atoms with Crippen molar-refractivity contribution in [2.45, 2.75) is 83.3 Å². The number of nitrogens with zero attached hydrogens (tertiary/aromatic N) is 1. The minimum Gasteiger partial charge on any atom is -0.465 e. The molecule has 0 radical (unpaired) electrons. The number of aryl methyl sites for hydroxylation is 1. The first kappa shape index (κ1) is 34.6. The number of aliphatic hydroxyl groups excluding tert-OH is 1. The second-order valence-corrected chi connectivity index (χ2v) is 18.5. The van der Waals surface area contributed by atoms with Gasteiger partial charge < -0.3 is 19.2 Å². The normalized spacial score (nSPS) is 16.4. The average Bonchev–Trinajstić information content (AvgIpc) is 3.37. The van der Waals surface area contributed by atoms with Crippen LogP contribution in [-0.2, 0) is 27.0 Å². The summed E-state index contributed by atoms with van der Waals surface area (Å²) in [5, 5.41) is 11.9. The van der Waals surface area contributed by atoms with Gasteiger partial charge in [0, 0.05) is 18.0 Å². The summed E-state index contributed by atoms with van der Waals surface area (Å²) in [4.78, 5) is 26.3. The molecule has 6 nitrogen and oxygen atoms in total. The van der Waals surface area contributed by atoms with Crippen LogP contribution in [0.5, 0.6) is 0 Å². The fraction of sp³-hybridized carbons (Fsp3) is 0.405. The third kappa shape index (κ3) is 8.94. The number of hydrogen-bond acceptors (Lipinski definition) is 5. The van der Waals surface area contributed by atoms with Gasteiger partial charge in [0.05, 0.1) is 31.4 Å². The van der Waals surface area contributed by atoms with E-state index in [2.05, 4.69) is 33.9 Å². The number of carbonyl (C=O) groups is 2. The van der Waals surface area contributed by atoms with Gasteiger partial charge in [0.1, 0.15) is 0 Å². The second kappa shape index (κ2) is 14.9. The fourth-order valence-electron chi connectivity index (χ4n) is 5.30. The maximum absolute atomic E-state index is 12.7. The van der Waals surface area contributed by atoms with Gasteiger partial charge in [-0.2, -0.15) is 0 Å². The van der Waals surface area contributed by atoms with E-state index in [1.807, 2.05) is 65.6 Å². The summed E-state index contributed by atoms with van der Waals surface area (Å²) < 4.78 is 11.3. The number of benzene rings is 3. The molecule has 0 aliphatic carbocycles. The van der Waals surface area contributed by atoms with Crippen LogP contribution in [0.25, 0.3) is 11.1 Å². The van der Waals surface area contributed by atoms with Crippen molar-refractivity contribution in [2.75, 3.05) is 13.7 Å². The quantitative estimate of drug-likeness (QED) is 0.121. The highest BCUT2D eigenvalue weighted by molar-refractivity contribution is 6.74. The largest absolute Gasteiger partial charge is 0.465 e. The van der Waals surface area contributed by atoms with E-state index in [0.29, 0.717) is 30.2 Å². The molecule has 45 heavy (non-hydrogen) atoms. The minimum absolute atomic E-state index is 0.0487. The minimum atomic E-state index is -1.96. The number of rotatable bonds is 12. The topological polar surface area (TPSA) is 76.1 Å². The summed E-state index contributed by atoms with van der Waals surface area (Å²) >= 11 is 6.40. The summed E-state index contributed by atoms with van der Waals surface area (Å²) in [6.45, 7) is 12.3. The van der Waals surface area contributed by atoms with Crippen molar-refractivity contribution in [3.63, 3.8) is 0 Å². The number of ether oxygens (including phenoxy) is 1. The van der Waals surface area contributed by atoms with Crippen molar-refractivity contribution in [1.82, 2.24) is 4.90 Å². The Morgan fingerprint density at radius 2 is 1.84 bits per heavy atom. The smallest absolute Gasteiger partial charge is 0.337 e. The van der Waals surface area contributed by atoms with Gasteiger partial charge in [-0.25, -0.2) is 4.79 Å². The molecule has 0 saturated carbocycles. The van der Waals surface area contributed by atoms with Gasteiger partial charge in [-0.1, -0.05) is 80.9 Å². The summed E-state index contributed by atoms with van der Waals surface area (Å²) in [5.41, 5.74) is 5.45. The summed E-state index contributed by atoms with van der Waals surface area (Å²) in [7, 11) is -0.592. The fourth-order valence-corrected chi connectivity index (χ4v) is 6.44. The first-order chi connectivity index (χ1) is 21.3. The number of likely N-dealkylation sites (tertiary alicyclic amines) is 1. The van der Waals surface area contributed by atoms with Gasteiger partial charge in [0.2, 0.25) is 5.91 Å². The van der Waals surface area contributed by atoms with Crippen LogP contribution >= 0.6 is 11.6 Å². The molecule has 1 unspecified atom stereocenters. The van der Waals surface area contributed by atoms with Crippen LogP contribution in [0.1, 0.15) is 73.2 Å². The van der Waals surface area contributed by atoms with Gasteiger partial charge in [0.25, 0.3) is 0 Å². The van der Waals surface area contributed by atoms with Crippen molar-refractivity contribution in [1.29, 1.82) is 0 Å². The van der Waals surface area contributed by atoms with Gasteiger partial charge in [-0.05, 0) is 95.5 Å². The lowest BCUT2D eigenvalue weighted by atomic mass is 9.96. The van der Waals surface area contributed by atoms with E-state index in [4.69, 9.17) is 20.8 Å². The van der Waals surface area contributed by atoms with E-state index < -0.39 is 14.4 Å². The molecule has 240 valence electrons. The molecule has 1 aliphatic rings. The SMILES string of the molecule is COC(=O)c1ccc(CCCN2C(=O)CC[C@@H]2/C=C/C(O)c2cccc(-c3ccc(Cl)cc3CO[Si](C)(C)C(C)(C)C)c2)cc1. The first-order valence-electron chi connectivity index (χ1n) is 15.6. The zero-order valence-corrected chi connectivity index (χ0v) is 29.1. The van der Waals surface area contributed by atoms with Crippen LogP contribution in [0, 0.1) is 0 Å². The van der Waals surface area contributed by atoms with E-state index in [1.54, 1.807) is 18.2 Å². The molecule has 1 heterocycles. The molecule has 1 fully saturated rings. The molecule has 4 rings (SSSR count). The predicted octanol–water partition coefficient (Wildman–Crippen LogP) is 8.53. The first-order valence-corrected chi connectivity index (χ1v) is 18.9. The lowest BCUT2D eigenvalue weighted by Gasteiger charge is -2.36. The molecule has 3 aromatic rings. The van der Waals surface area contributed by atoms with Gasteiger partial charge >= 0.3 is 5.97 Å². The summed E-state index contributed by atoms with van der Waals surface area (Å²) in [6, 6.07) is 21.1. The molecule has 0 spiro atoms. The number of halogens is 1. The number of methoxy groups -OCH3 is 1. The van der Waals surface area contributed by atoms with E-state index in [1.165, 1.54) is 7.11 Å². The standard InChI is InChI=1S/C37H46ClNO5Si/c1-37(2,3)45(5,6)44-25-30-24-31(38)16-19-33(30)28-10-7-11-29(23-28)34(40)20-17-32-18-21-35(41)39(32)22-8-9-26-12-14-27(15-13-26)36(42)43-4/h7,10-17,19-20,23-24,32,34,40H,8-9,18,21-22,25H2,1-6H3/b20-17+/t32-,34?/m0/s1. The molecule has 0 bridgehead atoms. The van der Waals surface area contributed by atoms with E-state index in [9.17, 15) is 14.7 Å². The highest BCUT2D eigenvalue weighted by Crippen LogP contribution is 2.38. The lowest BCUT2D eigenvalue weighted by Crippen LogP contribution is -2.40. The highest BCUT2D eigenvalue weighted by Gasteiger charge is 2.37. The zero-order chi connectivity index (χ0) is 32.8. The summed E-state index contributed by atoms with van der Waals surface area (Å²) in [5.74, 6) is -0.216. The number of esters is 1. The Morgan fingerprint density at radius 1 is 1.11 bits per heavy atom. The van der Waals surface area contributed by atoms with Crippen molar-refractivity contribution in [3.8, 4) is 11.1 Å². The van der Waals surface area contributed by atoms with Crippen LogP contribution < -0.4 is 0 Å². The molecule has 1 saturated heterocycles. The van der Waals surface area contributed by atoms with Crippen molar-refractivity contribution < 1.29 is 23.9 Å². The lowest BCUT2D eigenvalue weighted by molar-refractivity contribution is -0.128. The Morgan fingerprint density at radius 3 is 2.53 bits per heavy atom. The van der Waals surface area contributed by atoms with Crippen molar-refractivity contribution in [3.05, 3.63) is 106 Å². The second-order valence-electron chi connectivity index (χ2n) is 13.3. The Labute approximate surface area is 274 Å².